The summed E-state index contributed by atoms with van der Waals surface area (Å²) < 4.78 is 26.3. The van der Waals surface area contributed by atoms with Crippen LogP contribution in [0.15, 0.2) is 18.2 Å². The van der Waals surface area contributed by atoms with Crippen LogP contribution in [0.25, 0.3) is 0 Å². The van der Waals surface area contributed by atoms with Crippen molar-refractivity contribution in [1.82, 2.24) is 5.32 Å². The molecule has 0 saturated heterocycles. The highest BCUT2D eigenvalue weighted by molar-refractivity contribution is 5.18. The number of hydrogen-bond acceptors (Lipinski definition) is 1. The monoisotopic (exact) mass is 241 g/mol. The van der Waals surface area contributed by atoms with Crippen molar-refractivity contribution in [2.75, 3.05) is 7.05 Å². The molecule has 0 fully saturated rings. The molecule has 0 spiro atoms. The van der Waals surface area contributed by atoms with Crippen LogP contribution in [0.4, 0.5) is 8.78 Å². The van der Waals surface area contributed by atoms with Crippen molar-refractivity contribution in [3.63, 3.8) is 0 Å². The molecule has 17 heavy (non-hydrogen) atoms. The van der Waals surface area contributed by atoms with Crippen LogP contribution < -0.4 is 5.32 Å². The van der Waals surface area contributed by atoms with E-state index in [0.29, 0.717) is 18.0 Å². The fraction of sp³-hybridized carbons (Fsp3) is 0.571. The Hall–Kier alpha value is -0.960. The van der Waals surface area contributed by atoms with Gasteiger partial charge in [-0.25, -0.2) is 8.78 Å². The highest BCUT2D eigenvalue weighted by atomic mass is 19.1. The lowest BCUT2D eigenvalue weighted by atomic mass is 10.0. The van der Waals surface area contributed by atoms with Gasteiger partial charge in [-0.3, -0.25) is 0 Å². The zero-order valence-electron chi connectivity index (χ0n) is 10.6. The topological polar surface area (TPSA) is 12.0 Å². The average Bonchev–Trinajstić information content (AvgIpc) is 2.32. The van der Waals surface area contributed by atoms with E-state index in [1.165, 1.54) is 12.1 Å². The van der Waals surface area contributed by atoms with Crippen LogP contribution in [0.2, 0.25) is 0 Å². The Bertz CT molecular complexity index is 339. The van der Waals surface area contributed by atoms with Gasteiger partial charge < -0.3 is 5.32 Å². The van der Waals surface area contributed by atoms with Crippen molar-refractivity contribution in [1.29, 1.82) is 0 Å². The molecule has 1 rings (SSSR count). The number of aryl methyl sites for hydroxylation is 1. The molecule has 0 aliphatic carbocycles. The molecule has 96 valence electrons. The molecule has 0 saturated carbocycles. The Kier molecular flexibility index (Phi) is 6.12. The molecule has 1 N–H and O–H groups in total. The molecule has 0 aliphatic heterocycles. The zero-order chi connectivity index (χ0) is 12.7. The van der Waals surface area contributed by atoms with Gasteiger partial charge in [-0.1, -0.05) is 13.3 Å². The van der Waals surface area contributed by atoms with E-state index in [0.717, 1.165) is 31.7 Å². The summed E-state index contributed by atoms with van der Waals surface area (Å²) >= 11 is 0. The van der Waals surface area contributed by atoms with Gasteiger partial charge in [-0.2, -0.15) is 0 Å². The largest absolute Gasteiger partial charge is 0.317 e. The Morgan fingerprint density at radius 1 is 1.24 bits per heavy atom. The SMILES string of the molecule is CCCC(CCCc1cc(F)ccc1F)NC. The van der Waals surface area contributed by atoms with Crippen molar-refractivity contribution < 1.29 is 8.78 Å². The van der Waals surface area contributed by atoms with Crippen LogP contribution in [0, 0.1) is 11.6 Å². The average molecular weight is 241 g/mol. The molecular formula is C14H21F2N. The van der Waals surface area contributed by atoms with E-state index in [9.17, 15) is 8.78 Å². The summed E-state index contributed by atoms with van der Waals surface area (Å²) in [5.41, 5.74) is 0.483. The van der Waals surface area contributed by atoms with Gasteiger partial charge in [0.25, 0.3) is 0 Å². The third kappa shape index (κ3) is 4.82. The third-order valence-electron chi connectivity index (χ3n) is 3.05. The molecular weight excluding hydrogens is 220 g/mol. The number of benzene rings is 1. The second-order valence-corrected chi connectivity index (χ2v) is 4.40. The van der Waals surface area contributed by atoms with E-state index in [1.54, 1.807) is 0 Å². The second kappa shape index (κ2) is 7.38. The normalized spacial score (nSPS) is 12.7. The molecule has 1 nitrogen and oxygen atoms in total. The summed E-state index contributed by atoms with van der Waals surface area (Å²) in [6.45, 7) is 2.15. The summed E-state index contributed by atoms with van der Waals surface area (Å²) in [5.74, 6) is -0.664. The van der Waals surface area contributed by atoms with Gasteiger partial charge >= 0.3 is 0 Å². The van der Waals surface area contributed by atoms with E-state index >= 15 is 0 Å². The van der Waals surface area contributed by atoms with Gasteiger partial charge in [-0.15, -0.1) is 0 Å². The van der Waals surface area contributed by atoms with Crippen LogP contribution in [-0.2, 0) is 6.42 Å². The first-order valence-electron chi connectivity index (χ1n) is 6.28. The smallest absolute Gasteiger partial charge is 0.126 e. The van der Waals surface area contributed by atoms with Crippen molar-refractivity contribution in [3.05, 3.63) is 35.4 Å². The Morgan fingerprint density at radius 3 is 2.65 bits per heavy atom. The van der Waals surface area contributed by atoms with Crippen molar-refractivity contribution in [2.45, 2.75) is 45.1 Å². The Morgan fingerprint density at radius 2 is 2.00 bits per heavy atom. The van der Waals surface area contributed by atoms with Gasteiger partial charge in [0.2, 0.25) is 0 Å². The fourth-order valence-electron chi connectivity index (χ4n) is 2.06. The van der Waals surface area contributed by atoms with Gasteiger partial charge in [0.05, 0.1) is 0 Å². The van der Waals surface area contributed by atoms with Crippen LogP contribution in [0.3, 0.4) is 0 Å². The number of hydrogen-bond donors (Lipinski definition) is 1. The predicted octanol–water partition coefficient (Wildman–Crippen LogP) is 3.68. The minimum Gasteiger partial charge on any atom is -0.317 e. The maximum Gasteiger partial charge on any atom is 0.126 e. The van der Waals surface area contributed by atoms with Gasteiger partial charge in [-0.05, 0) is 56.5 Å². The van der Waals surface area contributed by atoms with Gasteiger partial charge in [0, 0.05) is 6.04 Å². The molecule has 0 aliphatic rings. The first-order valence-corrected chi connectivity index (χ1v) is 6.28. The highest BCUT2D eigenvalue weighted by Crippen LogP contribution is 2.14. The first kappa shape index (κ1) is 14.1. The van der Waals surface area contributed by atoms with Crippen molar-refractivity contribution in [3.8, 4) is 0 Å². The molecule has 1 unspecified atom stereocenters. The van der Waals surface area contributed by atoms with Crippen LogP contribution in [-0.4, -0.2) is 13.1 Å². The minimum absolute atomic E-state index is 0.303. The Labute approximate surface area is 102 Å². The molecule has 0 bridgehead atoms. The minimum atomic E-state index is -0.361. The molecule has 0 amide bonds. The van der Waals surface area contributed by atoms with Crippen molar-refractivity contribution in [2.24, 2.45) is 0 Å². The summed E-state index contributed by atoms with van der Waals surface area (Å²) in [7, 11) is 1.95. The second-order valence-electron chi connectivity index (χ2n) is 4.40. The molecule has 0 heterocycles. The van der Waals surface area contributed by atoms with E-state index in [-0.39, 0.29) is 11.6 Å². The molecule has 3 heteroatoms. The maximum absolute atomic E-state index is 13.3. The van der Waals surface area contributed by atoms with Crippen molar-refractivity contribution >= 4 is 0 Å². The molecule has 1 atom stereocenters. The van der Waals surface area contributed by atoms with E-state index in [4.69, 9.17) is 0 Å². The molecule has 0 radical (unpaired) electrons. The van der Waals surface area contributed by atoms with Crippen LogP contribution in [0.5, 0.6) is 0 Å². The quantitative estimate of drug-likeness (QED) is 0.768. The summed E-state index contributed by atoms with van der Waals surface area (Å²) in [5, 5.41) is 3.25. The third-order valence-corrected chi connectivity index (χ3v) is 3.05. The Balaban J connectivity index is 2.42. The van der Waals surface area contributed by atoms with Crippen LogP contribution >= 0.6 is 0 Å². The summed E-state index contributed by atoms with van der Waals surface area (Å²) in [6, 6.07) is 4.14. The number of rotatable bonds is 7. The highest BCUT2D eigenvalue weighted by Gasteiger charge is 2.07. The standard InChI is InChI=1S/C14H21F2N/c1-3-5-13(17-2)7-4-6-11-10-12(15)8-9-14(11)16/h8-10,13,17H,3-7H2,1-2H3. The number of nitrogens with one attached hydrogen (secondary N) is 1. The van der Waals surface area contributed by atoms with E-state index in [2.05, 4.69) is 12.2 Å². The lowest BCUT2D eigenvalue weighted by molar-refractivity contribution is 0.466. The lowest BCUT2D eigenvalue weighted by Crippen LogP contribution is -2.24. The van der Waals surface area contributed by atoms with E-state index in [1.807, 2.05) is 7.05 Å². The predicted molar refractivity (Wildman–Crippen MR) is 67.1 cm³/mol. The fourth-order valence-corrected chi connectivity index (χ4v) is 2.06. The molecule has 0 aromatic heterocycles. The lowest BCUT2D eigenvalue weighted by Gasteiger charge is -2.14. The van der Waals surface area contributed by atoms with Crippen LogP contribution in [0.1, 0.15) is 38.2 Å². The summed E-state index contributed by atoms with van der Waals surface area (Å²) in [4.78, 5) is 0. The summed E-state index contributed by atoms with van der Waals surface area (Å²) in [6.07, 6.45) is 4.75. The number of halogens is 2. The zero-order valence-corrected chi connectivity index (χ0v) is 10.6. The van der Waals surface area contributed by atoms with Gasteiger partial charge in [0.15, 0.2) is 0 Å². The maximum atomic E-state index is 13.3. The molecule has 1 aromatic carbocycles. The molecule has 1 aromatic rings. The van der Waals surface area contributed by atoms with E-state index < -0.39 is 0 Å². The van der Waals surface area contributed by atoms with Gasteiger partial charge in [0.1, 0.15) is 11.6 Å². The first-order chi connectivity index (χ1) is 8.17.